The third kappa shape index (κ3) is 2.35. The Labute approximate surface area is 168 Å². The van der Waals surface area contributed by atoms with Gasteiger partial charge in [-0.05, 0) is 30.2 Å². The molecule has 0 unspecified atom stereocenters. The lowest BCUT2D eigenvalue weighted by Crippen LogP contribution is -2.39. The van der Waals surface area contributed by atoms with Gasteiger partial charge in [-0.25, -0.2) is 4.90 Å². The summed E-state index contributed by atoms with van der Waals surface area (Å²) in [5.74, 6) is -1.36. The van der Waals surface area contributed by atoms with E-state index < -0.39 is 17.3 Å². The number of imide groups is 1. The zero-order valence-corrected chi connectivity index (χ0v) is 15.9. The van der Waals surface area contributed by atoms with Crippen molar-refractivity contribution in [3.63, 3.8) is 0 Å². The van der Waals surface area contributed by atoms with Crippen LogP contribution in [0.3, 0.4) is 0 Å². The summed E-state index contributed by atoms with van der Waals surface area (Å²) < 4.78 is 0. The Hall–Kier alpha value is -3.53. The second-order valence-corrected chi connectivity index (χ2v) is 7.67. The highest BCUT2D eigenvalue weighted by Gasteiger charge is 2.78. The molecule has 0 N–H and O–H groups in total. The van der Waals surface area contributed by atoms with Crippen molar-refractivity contribution in [2.45, 2.75) is 12.3 Å². The molecule has 1 aliphatic carbocycles. The van der Waals surface area contributed by atoms with Gasteiger partial charge in [0.05, 0.1) is 17.5 Å². The summed E-state index contributed by atoms with van der Waals surface area (Å²) in [5.41, 5.74) is 2.31. The zero-order chi connectivity index (χ0) is 20.2. The smallest absolute Gasteiger partial charge is 0.239 e. The summed E-state index contributed by atoms with van der Waals surface area (Å²) in [6.45, 7) is 1.47. The monoisotopic (exact) mass is 381 g/mol. The van der Waals surface area contributed by atoms with Gasteiger partial charge in [0.1, 0.15) is 0 Å². The zero-order valence-electron chi connectivity index (χ0n) is 15.9. The first-order valence-corrected chi connectivity index (χ1v) is 9.66. The molecule has 1 aliphatic heterocycles. The molecule has 2 aliphatic rings. The van der Waals surface area contributed by atoms with Gasteiger partial charge in [0.15, 0.2) is 5.78 Å². The molecule has 142 valence electrons. The van der Waals surface area contributed by atoms with Crippen LogP contribution in [0.15, 0.2) is 84.9 Å². The molecule has 1 heterocycles. The van der Waals surface area contributed by atoms with Gasteiger partial charge < -0.3 is 0 Å². The fourth-order valence-corrected chi connectivity index (χ4v) is 4.88. The first-order chi connectivity index (χ1) is 14.1. The summed E-state index contributed by atoms with van der Waals surface area (Å²) in [6, 6.07) is 26.3. The number of hydrogen-bond acceptors (Lipinski definition) is 3. The van der Waals surface area contributed by atoms with Crippen LogP contribution in [0.4, 0.5) is 5.69 Å². The maximum atomic E-state index is 13.4. The molecule has 3 aromatic rings. The van der Waals surface area contributed by atoms with Gasteiger partial charge >= 0.3 is 0 Å². The fraction of sp³-hybridized carbons (Fsp3) is 0.160. The molecular weight excluding hydrogens is 362 g/mol. The molecule has 4 heteroatoms. The van der Waals surface area contributed by atoms with Crippen molar-refractivity contribution in [2.75, 3.05) is 4.90 Å². The van der Waals surface area contributed by atoms with Crippen LogP contribution in [0.5, 0.6) is 0 Å². The number of fused-ring (bicyclic) bond motifs is 1. The Balaban J connectivity index is 1.60. The second kappa shape index (κ2) is 6.24. The third-order valence-corrected chi connectivity index (χ3v) is 6.19. The van der Waals surface area contributed by atoms with E-state index in [1.54, 1.807) is 24.3 Å². The molecule has 1 saturated carbocycles. The van der Waals surface area contributed by atoms with E-state index in [0.717, 1.165) is 11.1 Å². The van der Waals surface area contributed by atoms with E-state index in [0.29, 0.717) is 11.3 Å². The molecule has 3 aromatic carbocycles. The molecule has 0 radical (unpaired) electrons. The highest BCUT2D eigenvalue weighted by Crippen LogP contribution is 2.68. The second-order valence-electron chi connectivity index (χ2n) is 7.67. The normalized spacial score (nSPS) is 21.8. The highest BCUT2D eigenvalue weighted by molar-refractivity contribution is 6.27. The largest absolute Gasteiger partial charge is 0.295 e. The molecule has 0 spiro atoms. The first-order valence-electron chi connectivity index (χ1n) is 9.66. The van der Waals surface area contributed by atoms with Gasteiger partial charge in [-0.2, -0.15) is 0 Å². The van der Waals surface area contributed by atoms with Crippen LogP contribution in [0.2, 0.25) is 0 Å². The minimum absolute atomic E-state index is 0.0981. The quantitative estimate of drug-likeness (QED) is 0.507. The van der Waals surface area contributed by atoms with Crippen LogP contribution in [0, 0.1) is 11.8 Å². The molecule has 4 nitrogen and oxygen atoms in total. The molecule has 29 heavy (non-hydrogen) atoms. The van der Waals surface area contributed by atoms with Gasteiger partial charge in [0.2, 0.25) is 11.8 Å². The van der Waals surface area contributed by atoms with Crippen LogP contribution in [-0.2, 0) is 15.0 Å². The minimum Gasteiger partial charge on any atom is -0.295 e. The fourth-order valence-electron chi connectivity index (χ4n) is 4.88. The van der Waals surface area contributed by atoms with Crippen LogP contribution < -0.4 is 4.90 Å². The minimum atomic E-state index is -0.620. The number of rotatable bonds is 4. The van der Waals surface area contributed by atoms with E-state index in [-0.39, 0.29) is 17.6 Å². The van der Waals surface area contributed by atoms with Crippen molar-refractivity contribution in [3.05, 3.63) is 102 Å². The maximum absolute atomic E-state index is 13.4. The topological polar surface area (TPSA) is 54.5 Å². The Morgan fingerprint density at radius 1 is 0.759 bits per heavy atom. The van der Waals surface area contributed by atoms with Crippen molar-refractivity contribution < 1.29 is 14.4 Å². The number of hydrogen-bond donors (Lipinski definition) is 0. The molecule has 5 rings (SSSR count). The van der Waals surface area contributed by atoms with Crippen LogP contribution in [0.1, 0.15) is 28.4 Å². The lowest BCUT2D eigenvalue weighted by atomic mass is 9.83. The highest BCUT2D eigenvalue weighted by atomic mass is 16.2. The van der Waals surface area contributed by atoms with Crippen molar-refractivity contribution in [3.8, 4) is 0 Å². The lowest BCUT2D eigenvalue weighted by Gasteiger charge is -2.26. The molecule has 2 atom stereocenters. The summed E-state index contributed by atoms with van der Waals surface area (Å²) in [6.07, 6.45) is 0. The maximum Gasteiger partial charge on any atom is 0.239 e. The van der Waals surface area contributed by atoms with Crippen molar-refractivity contribution in [1.29, 1.82) is 0 Å². The number of benzene rings is 3. The predicted molar refractivity (Wildman–Crippen MR) is 110 cm³/mol. The molecule has 0 aromatic heterocycles. The summed E-state index contributed by atoms with van der Waals surface area (Å²) in [4.78, 5) is 39.8. The van der Waals surface area contributed by atoms with E-state index in [2.05, 4.69) is 0 Å². The average molecular weight is 381 g/mol. The Kier molecular flexibility index (Phi) is 3.78. The average Bonchev–Trinajstić information content (AvgIpc) is 3.39. The van der Waals surface area contributed by atoms with Gasteiger partial charge in [-0.1, -0.05) is 72.8 Å². The van der Waals surface area contributed by atoms with E-state index >= 15 is 0 Å². The van der Waals surface area contributed by atoms with Crippen molar-refractivity contribution >= 4 is 23.3 Å². The SMILES string of the molecule is CC(=O)c1cccc(N2C(=O)[C@@H]3[C@@H](C2=O)C3(c2ccccc2)c2ccccc2)c1. The van der Waals surface area contributed by atoms with Gasteiger partial charge in [0.25, 0.3) is 0 Å². The van der Waals surface area contributed by atoms with E-state index in [1.165, 1.54) is 11.8 Å². The van der Waals surface area contributed by atoms with Crippen LogP contribution in [-0.4, -0.2) is 17.6 Å². The van der Waals surface area contributed by atoms with Crippen LogP contribution >= 0.6 is 0 Å². The van der Waals surface area contributed by atoms with Crippen molar-refractivity contribution in [1.82, 2.24) is 0 Å². The van der Waals surface area contributed by atoms with E-state index in [1.807, 2.05) is 60.7 Å². The van der Waals surface area contributed by atoms with Gasteiger partial charge in [-0.3, -0.25) is 14.4 Å². The summed E-state index contributed by atoms with van der Waals surface area (Å²) in [7, 11) is 0. The number of carbonyl (C=O) groups excluding carboxylic acids is 3. The number of amides is 2. The van der Waals surface area contributed by atoms with Crippen molar-refractivity contribution in [2.24, 2.45) is 11.8 Å². The Bertz CT molecular complexity index is 1070. The third-order valence-electron chi connectivity index (χ3n) is 6.19. The van der Waals surface area contributed by atoms with Crippen LogP contribution in [0.25, 0.3) is 0 Å². The standard InChI is InChI=1S/C25H19NO3/c1-16(27)17-9-8-14-20(15-17)26-23(28)21-22(24(26)29)25(21,18-10-4-2-5-11-18)19-12-6-3-7-13-19/h2-15,21-22H,1H3/t21-,22-/m0/s1. The number of nitrogens with zero attached hydrogens (tertiary/aromatic N) is 1. The van der Waals surface area contributed by atoms with Gasteiger partial charge in [0, 0.05) is 11.0 Å². The molecule has 0 bridgehead atoms. The number of anilines is 1. The van der Waals surface area contributed by atoms with E-state index in [9.17, 15) is 14.4 Å². The molecular formula is C25H19NO3. The molecule has 1 saturated heterocycles. The lowest BCUT2D eigenvalue weighted by molar-refractivity contribution is -0.124. The first kappa shape index (κ1) is 17.6. The Morgan fingerprint density at radius 2 is 1.28 bits per heavy atom. The number of ketones is 1. The van der Waals surface area contributed by atoms with E-state index in [4.69, 9.17) is 0 Å². The predicted octanol–water partition coefficient (Wildman–Crippen LogP) is 3.99. The Morgan fingerprint density at radius 3 is 1.76 bits per heavy atom. The number of carbonyl (C=O) groups is 3. The molecule has 2 amide bonds. The van der Waals surface area contributed by atoms with Gasteiger partial charge in [-0.15, -0.1) is 0 Å². The summed E-state index contributed by atoms with van der Waals surface area (Å²) in [5, 5.41) is 0. The summed E-state index contributed by atoms with van der Waals surface area (Å²) >= 11 is 0. The number of piperidine rings is 1. The molecule has 2 fully saturated rings. The number of Topliss-reactive ketones (excluding diaryl/α,β-unsaturated/α-hetero) is 1.